The maximum atomic E-state index is 9.82. The second-order valence-electron chi connectivity index (χ2n) is 7.02. The molecule has 29 heavy (non-hydrogen) atoms. The van der Waals surface area contributed by atoms with Crippen molar-refractivity contribution in [2.24, 2.45) is 0 Å². The summed E-state index contributed by atoms with van der Waals surface area (Å²) < 4.78 is 2.04. The van der Waals surface area contributed by atoms with Crippen molar-refractivity contribution in [1.29, 1.82) is 10.5 Å². The van der Waals surface area contributed by atoms with Crippen LogP contribution in [0.25, 0.3) is 16.7 Å². The fourth-order valence-corrected chi connectivity index (χ4v) is 3.83. The number of fused-ring (bicyclic) bond motifs is 3. The third kappa shape index (κ3) is 3.39. The normalized spacial score (nSPS) is 10.7. The first-order valence-electron chi connectivity index (χ1n) is 9.72. The van der Waals surface area contributed by atoms with Gasteiger partial charge in [0.15, 0.2) is 5.65 Å². The maximum absolute atomic E-state index is 9.82. The molecule has 0 unspecified atom stereocenters. The Kier molecular flexibility index (Phi) is 5.14. The zero-order valence-corrected chi connectivity index (χ0v) is 16.3. The Morgan fingerprint density at radius 3 is 2.52 bits per heavy atom. The summed E-state index contributed by atoms with van der Waals surface area (Å²) in [6, 6.07) is 22.8. The molecule has 0 aliphatic carbocycles. The molecule has 5 nitrogen and oxygen atoms in total. The summed E-state index contributed by atoms with van der Waals surface area (Å²) in [7, 11) is 0. The number of para-hydroxylation sites is 2. The Morgan fingerprint density at radius 2 is 1.76 bits per heavy atom. The summed E-state index contributed by atoms with van der Waals surface area (Å²) in [5.74, 6) is 0.927. The summed E-state index contributed by atoms with van der Waals surface area (Å²) in [6.07, 6.45) is 1.87. The van der Waals surface area contributed by atoms with E-state index >= 15 is 0 Å². The topological polar surface area (TPSA) is 76.9 Å². The fraction of sp³-hybridized carbons (Fsp3) is 0.208. The van der Waals surface area contributed by atoms with Crippen LogP contribution < -0.4 is 5.32 Å². The number of nitriles is 2. The van der Waals surface area contributed by atoms with Crippen LogP contribution in [0, 0.1) is 29.6 Å². The first-order chi connectivity index (χ1) is 14.2. The lowest BCUT2D eigenvalue weighted by Gasteiger charge is -2.18. The number of rotatable bonds is 6. The molecule has 142 valence electrons. The molecule has 0 aliphatic heterocycles. The zero-order chi connectivity index (χ0) is 20.2. The highest BCUT2D eigenvalue weighted by atomic mass is 15.1. The van der Waals surface area contributed by atoms with Crippen LogP contribution in [-0.4, -0.2) is 15.9 Å². The summed E-state index contributed by atoms with van der Waals surface area (Å²) in [5, 5.41) is 22.6. The number of nitrogens with one attached hydrogen (secondary N) is 1. The first kappa shape index (κ1) is 18.5. The number of hydrogen-bond acceptors (Lipinski definition) is 4. The fourth-order valence-electron chi connectivity index (χ4n) is 3.83. The Labute approximate surface area is 169 Å². The minimum absolute atomic E-state index is 0.400. The highest BCUT2D eigenvalue weighted by molar-refractivity contribution is 5.86. The smallest absolute Gasteiger partial charge is 0.157 e. The van der Waals surface area contributed by atoms with Gasteiger partial charge in [-0.25, -0.2) is 4.98 Å². The third-order valence-electron chi connectivity index (χ3n) is 5.27. The van der Waals surface area contributed by atoms with Gasteiger partial charge in [0.25, 0.3) is 0 Å². The van der Waals surface area contributed by atoms with Gasteiger partial charge in [0.05, 0.1) is 22.7 Å². The summed E-state index contributed by atoms with van der Waals surface area (Å²) in [4.78, 5) is 4.73. The lowest BCUT2D eigenvalue weighted by atomic mass is 10.0. The van der Waals surface area contributed by atoms with Gasteiger partial charge in [-0.15, -0.1) is 0 Å². The highest BCUT2D eigenvalue weighted by Gasteiger charge is 2.20. The maximum Gasteiger partial charge on any atom is 0.157 e. The van der Waals surface area contributed by atoms with Crippen molar-refractivity contribution >= 4 is 22.5 Å². The molecule has 2 aromatic carbocycles. The molecule has 0 atom stereocenters. The number of imidazole rings is 1. The van der Waals surface area contributed by atoms with E-state index in [0.29, 0.717) is 24.1 Å². The quantitative estimate of drug-likeness (QED) is 0.523. The highest BCUT2D eigenvalue weighted by Crippen LogP contribution is 2.31. The van der Waals surface area contributed by atoms with E-state index in [-0.39, 0.29) is 0 Å². The van der Waals surface area contributed by atoms with Gasteiger partial charge in [-0.1, -0.05) is 42.5 Å². The van der Waals surface area contributed by atoms with Crippen molar-refractivity contribution in [1.82, 2.24) is 9.38 Å². The first-order valence-corrected chi connectivity index (χ1v) is 9.72. The molecular weight excluding hydrogens is 358 g/mol. The van der Waals surface area contributed by atoms with Crippen molar-refractivity contribution in [3.63, 3.8) is 0 Å². The molecule has 0 aliphatic rings. The van der Waals surface area contributed by atoms with E-state index in [0.717, 1.165) is 40.9 Å². The van der Waals surface area contributed by atoms with Gasteiger partial charge in [-0.2, -0.15) is 10.5 Å². The van der Waals surface area contributed by atoms with Crippen molar-refractivity contribution in [3.05, 3.63) is 76.9 Å². The van der Waals surface area contributed by atoms with E-state index in [1.54, 1.807) is 0 Å². The molecule has 0 saturated heterocycles. The molecule has 0 saturated carbocycles. The summed E-state index contributed by atoms with van der Waals surface area (Å²) in [5.41, 5.74) is 6.21. The standard InChI is InChI=1S/C24H21N5/c1-17-19(10-7-14-25)23(27-15-13-18-8-3-2-4-9-18)29-22-12-6-5-11-21(22)28-24(29)20(17)16-26/h2-6,8-9,11-12,27H,7,10,13,15H2,1H3. The lowest BCUT2D eigenvalue weighted by molar-refractivity contribution is 0.943. The van der Waals surface area contributed by atoms with Gasteiger partial charge in [-0.3, -0.25) is 4.40 Å². The van der Waals surface area contributed by atoms with Crippen molar-refractivity contribution in [3.8, 4) is 12.1 Å². The van der Waals surface area contributed by atoms with Crippen LogP contribution in [0.15, 0.2) is 54.6 Å². The Hall–Kier alpha value is -3.83. The molecule has 1 N–H and O–H groups in total. The van der Waals surface area contributed by atoms with Gasteiger partial charge in [0.1, 0.15) is 11.9 Å². The molecule has 0 bridgehead atoms. The second kappa shape index (κ2) is 8.04. The number of nitrogens with zero attached hydrogens (tertiary/aromatic N) is 4. The van der Waals surface area contributed by atoms with Crippen molar-refractivity contribution < 1.29 is 0 Å². The predicted octanol–water partition coefficient (Wildman–Crippen LogP) is 4.78. The summed E-state index contributed by atoms with van der Waals surface area (Å²) >= 11 is 0. The monoisotopic (exact) mass is 379 g/mol. The molecular formula is C24H21N5. The van der Waals surface area contributed by atoms with Crippen LogP contribution in [0.1, 0.15) is 28.7 Å². The Bertz CT molecular complexity index is 1260. The molecule has 0 spiro atoms. The van der Waals surface area contributed by atoms with Crippen LogP contribution in [0.4, 0.5) is 5.82 Å². The average molecular weight is 379 g/mol. The van der Waals surface area contributed by atoms with Gasteiger partial charge < -0.3 is 5.32 Å². The summed E-state index contributed by atoms with van der Waals surface area (Å²) in [6.45, 7) is 2.70. The predicted molar refractivity (Wildman–Crippen MR) is 115 cm³/mol. The molecule has 2 heterocycles. The number of pyridine rings is 1. The van der Waals surface area contributed by atoms with Gasteiger partial charge in [0.2, 0.25) is 0 Å². The molecule has 2 aromatic heterocycles. The van der Waals surface area contributed by atoms with E-state index < -0.39 is 0 Å². The SMILES string of the molecule is Cc1c(CCC#N)c(NCCc2ccccc2)n2c(nc3ccccc32)c1C#N. The van der Waals surface area contributed by atoms with Gasteiger partial charge in [0, 0.05) is 13.0 Å². The van der Waals surface area contributed by atoms with Crippen LogP contribution in [0.5, 0.6) is 0 Å². The van der Waals surface area contributed by atoms with E-state index in [1.165, 1.54) is 5.56 Å². The molecule has 0 fully saturated rings. The number of anilines is 1. The minimum Gasteiger partial charge on any atom is -0.371 e. The third-order valence-corrected chi connectivity index (χ3v) is 5.27. The van der Waals surface area contributed by atoms with Gasteiger partial charge >= 0.3 is 0 Å². The molecule has 0 radical (unpaired) electrons. The van der Waals surface area contributed by atoms with Crippen molar-refractivity contribution in [2.75, 3.05) is 11.9 Å². The molecule has 4 aromatic rings. The van der Waals surface area contributed by atoms with Gasteiger partial charge in [-0.05, 0) is 48.6 Å². The molecule has 5 heteroatoms. The zero-order valence-electron chi connectivity index (χ0n) is 16.3. The van der Waals surface area contributed by atoms with Crippen LogP contribution >= 0.6 is 0 Å². The molecule has 0 amide bonds. The van der Waals surface area contributed by atoms with Crippen LogP contribution in [-0.2, 0) is 12.8 Å². The lowest BCUT2D eigenvalue weighted by Crippen LogP contribution is -2.13. The van der Waals surface area contributed by atoms with E-state index in [9.17, 15) is 5.26 Å². The van der Waals surface area contributed by atoms with Crippen LogP contribution in [0.3, 0.4) is 0 Å². The number of hydrogen-bond donors (Lipinski definition) is 1. The minimum atomic E-state index is 0.400. The Morgan fingerprint density at radius 1 is 1.00 bits per heavy atom. The van der Waals surface area contributed by atoms with Crippen molar-refractivity contribution in [2.45, 2.75) is 26.2 Å². The van der Waals surface area contributed by atoms with E-state index in [2.05, 4.69) is 29.6 Å². The Balaban J connectivity index is 1.87. The number of benzene rings is 2. The molecule has 4 rings (SSSR count). The van der Waals surface area contributed by atoms with E-state index in [4.69, 9.17) is 10.2 Å². The average Bonchev–Trinajstić information content (AvgIpc) is 3.13. The van der Waals surface area contributed by atoms with Crippen LogP contribution in [0.2, 0.25) is 0 Å². The van der Waals surface area contributed by atoms with E-state index in [1.807, 2.05) is 53.8 Å². The second-order valence-corrected chi connectivity index (χ2v) is 7.02. The largest absolute Gasteiger partial charge is 0.371 e. The number of aromatic nitrogens is 2.